The van der Waals surface area contributed by atoms with E-state index in [1.165, 1.54) is 25.7 Å². The van der Waals surface area contributed by atoms with Crippen molar-refractivity contribution in [3.05, 3.63) is 35.6 Å². The number of unbranched alkanes of at least 4 members (excludes halogenated alkanes) is 5. The molecular formula is C19H26O2. The monoisotopic (exact) mass is 286 g/mol. The van der Waals surface area contributed by atoms with Crippen LogP contribution in [0.4, 0.5) is 0 Å². The Labute approximate surface area is 127 Å². The molecule has 0 fully saturated rings. The maximum Gasteiger partial charge on any atom is 0.167 e. The van der Waals surface area contributed by atoms with Crippen molar-refractivity contribution in [2.45, 2.75) is 65.2 Å². The number of para-hydroxylation sites is 1. The maximum absolute atomic E-state index is 12.5. The minimum Gasteiger partial charge on any atom is -0.460 e. The van der Waals surface area contributed by atoms with Crippen LogP contribution in [0, 0.1) is 0 Å². The van der Waals surface area contributed by atoms with Gasteiger partial charge in [-0.25, -0.2) is 0 Å². The second kappa shape index (κ2) is 8.02. The molecule has 0 bridgehead atoms. The number of hydrogen-bond acceptors (Lipinski definition) is 2. The number of aryl methyl sites for hydroxylation is 1. The third-order valence-corrected chi connectivity index (χ3v) is 4.03. The molecule has 0 unspecified atom stereocenters. The first kappa shape index (κ1) is 15.8. The Kier molecular flexibility index (Phi) is 6.04. The van der Waals surface area contributed by atoms with Crippen molar-refractivity contribution in [3.63, 3.8) is 0 Å². The second-order valence-electron chi connectivity index (χ2n) is 5.69. The summed E-state index contributed by atoms with van der Waals surface area (Å²) in [5, 5.41) is 0.977. The fourth-order valence-corrected chi connectivity index (χ4v) is 2.84. The third kappa shape index (κ3) is 3.96. The van der Waals surface area contributed by atoms with E-state index in [0.717, 1.165) is 41.6 Å². The van der Waals surface area contributed by atoms with Gasteiger partial charge in [0.05, 0.1) is 5.56 Å². The zero-order valence-corrected chi connectivity index (χ0v) is 13.3. The van der Waals surface area contributed by atoms with Crippen LogP contribution in [0.25, 0.3) is 11.0 Å². The zero-order valence-electron chi connectivity index (χ0n) is 13.3. The van der Waals surface area contributed by atoms with E-state index in [1.54, 1.807) is 0 Å². The van der Waals surface area contributed by atoms with E-state index in [-0.39, 0.29) is 5.78 Å². The molecule has 2 rings (SSSR count). The number of hydrogen-bond donors (Lipinski definition) is 0. The van der Waals surface area contributed by atoms with Gasteiger partial charge < -0.3 is 4.42 Å². The van der Waals surface area contributed by atoms with Crippen LogP contribution in [-0.4, -0.2) is 5.78 Å². The maximum atomic E-state index is 12.5. The Hall–Kier alpha value is -1.57. The van der Waals surface area contributed by atoms with Crippen molar-refractivity contribution < 1.29 is 9.21 Å². The first-order valence-electron chi connectivity index (χ1n) is 8.31. The molecule has 1 aromatic carbocycles. The first-order chi connectivity index (χ1) is 10.3. The number of rotatable bonds is 9. The fraction of sp³-hybridized carbons (Fsp3) is 0.526. The molecule has 2 nitrogen and oxygen atoms in total. The molecule has 0 saturated carbocycles. The largest absolute Gasteiger partial charge is 0.460 e. The molecule has 0 N–H and O–H groups in total. The van der Waals surface area contributed by atoms with Gasteiger partial charge in [0.1, 0.15) is 11.3 Å². The van der Waals surface area contributed by atoms with Gasteiger partial charge in [0, 0.05) is 18.2 Å². The minimum absolute atomic E-state index is 0.243. The summed E-state index contributed by atoms with van der Waals surface area (Å²) in [5.74, 6) is 1.08. The Balaban J connectivity index is 1.99. The van der Waals surface area contributed by atoms with Crippen molar-refractivity contribution in [2.75, 3.05) is 0 Å². The Bertz CT molecular complexity index is 580. The van der Waals surface area contributed by atoms with Gasteiger partial charge in [0.25, 0.3) is 0 Å². The molecule has 1 heterocycles. The Morgan fingerprint density at radius 2 is 1.71 bits per heavy atom. The summed E-state index contributed by atoms with van der Waals surface area (Å²) in [4.78, 5) is 12.5. The SMILES string of the molecule is CCCCCCCCC(=O)c1c(CC)oc2ccccc12. The van der Waals surface area contributed by atoms with Gasteiger partial charge in [0.2, 0.25) is 0 Å². The minimum atomic E-state index is 0.243. The average Bonchev–Trinajstić information content (AvgIpc) is 2.89. The zero-order chi connectivity index (χ0) is 15.1. The molecule has 0 radical (unpaired) electrons. The van der Waals surface area contributed by atoms with E-state index >= 15 is 0 Å². The molecule has 0 saturated heterocycles. The summed E-state index contributed by atoms with van der Waals surface area (Å²) in [6, 6.07) is 7.86. The van der Waals surface area contributed by atoms with Gasteiger partial charge in [-0.1, -0.05) is 64.2 Å². The van der Waals surface area contributed by atoms with Crippen LogP contribution in [0.3, 0.4) is 0 Å². The fourth-order valence-electron chi connectivity index (χ4n) is 2.84. The van der Waals surface area contributed by atoms with Crippen LogP contribution in [0.1, 0.15) is 74.9 Å². The van der Waals surface area contributed by atoms with Crippen LogP contribution >= 0.6 is 0 Å². The topological polar surface area (TPSA) is 30.2 Å². The predicted octanol–water partition coefficient (Wildman–Crippen LogP) is 5.93. The molecule has 0 atom stereocenters. The molecule has 0 aliphatic heterocycles. The summed E-state index contributed by atoms with van der Waals surface area (Å²) >= 11 is 0. The third-order valence-electron chi connectivity index (χ3n) is 4.03. The van der Waals surface area contributed by atoms with Gasteiger partial charge in [-0.05, 0) is 12.5 Å². The average molecular weight is 286 g/mol. The number of furan rings is 1. The number of carbonyl (C=O) groups is 1. The summed E-state index contributed by atoms with van der Waals surface area (Å²) in [5.41, 5.74) is 1.65. The molecule has 0 aliphatic rings. The van der Waals surface area contributed by atoms with Crippen molar-refractivity contribution in [2.24, 2.45) is 0 Å². The van der Waals surface area contributed by atoms with Crippen LogP contribution in [0.5, 0.6) is 0 Å². The summed E-state index contributed by atoms with van der Waals surface area (Å²) in [6.45, 7) is 4.26. The Morgan fingerprint density at radius 1 is 1.00 bits per heavy atom. The molecule has 1 aromatic heterocycles. The Morgan fingerprint density at radius 3 is 2.48 bits per heavy atom. The van der Waals surface area contributed by atoms with Crippen molar-refractivity contribution in [3.8, 4) is 0 Å². The second-order valence-corrected chi connectivity index (χ2v) is 5.69. The van der Waals surface area contributed by atoms with Gasteiger partial charge in [-0.3, -0.25) is 4.79 Å². The number of fused-ring (bicyclic) bond motifs is 1. The van der Waals surface area contributed by atoms with Gasteiger partial charge in [-0.15, -0.1) is 0 Å². The predicted molar refractivity (Wildman–Crippen MR) is 87.9 cm³/mol. The van der Waals surface area contributed by atoms with Crippen molar-refractivity contribution >= 4 is 16.8 Å². The highest BCUT2D eigenvalue weighted by Crippen LogP contribution is 2.28. The van der Waals surface area contributed by atoms with E-state index in [1.807, 2.05) is 31.2 Å². The van der Waals surface area contributed by atoms with Crippen LogP contribution in [-0.2, 0) is 6.42 Å². The van der Waals surface area contributed by atoms with Gasteiger partial charge >= 0.3 is 0 Å². The summed E-state index contributed by atoms with van der Waals surface area (Å²) in [7, 11) is 0. The summed E-state index contributed by atoms with van der Waals surface area (Å²) in [6.07, 6.45) is 8.66. The van der Waals surface area contributed by atoms with E-state index in [0.29, 0.717) is 6.42 Å². The molecule has 114 valence electrons. The number of benzene rings is 1. The number of carbonyl (C=O) groups excluding carboxylic acids is 1. The van der Waals surface area contributed by atoms with E-state index < -0.39 is 0 Å². The van der Waals surface area contributed by atoms with Crippen molar-refractivity contribution in [1.82, 2.24) is 0 Å². The normalized spacial score (nSPS) is 11.1. The highest BCUT2D eigenvalue weighted by Gasteiger charge is 2.18. The molecular weight excluding hydrogens is 260 g/mol. The van der Waals surface area contributed by atoms with Crippen LogP contribution in [0.2, 0.25) is 0 Å². The standard InChI is InChI=1S/C19H26O2/c1-3-5-6-7-8-9-13-16(20)19-15-12-10-11-14-18(15)21-17(19)4-2/h10-12,14H,3-9,13H2,1-2H3. The quantitative estimate of drug-likeness (QED) is 0.422. The molecule has 2 aromatic rings. The molecule has 0 spiro atoms. The van der Waals surface area contributed by atoms with Crippen LogP contribution < -0.4 is 0 Å². The van der Waals surface area contributed by atoms with Gasteiger partial charge in [0.15, 0.2) is 5.78 Å². The van der Waals surface area contributed by atoms with Crippen LogP contribution in [0.15, 0.2) is 28.7 Å². The lowest BCUT2D eigenvalue weighted by molar-refractivity contribution is 0.0978. The van der Waals surface area contributed by atoms with E-state index in [4.69, 9.17) is 4.42 Å². The lowest BCUT2D eigenvalue weighted by Crippen LogP contribution is -2.01. The van der Waals surface area contributed by atoms with E-state index in [2.05, 4.69) is 6.92 Å². The highest BCUT2D eigenvalue weighted by atomic mass is 16.3. The first-order valence-corrected chi connectivity index (χ1v) is 8.31. The van der Waals surface area contributed by atoms with Crippen molar-refractivity contribution in [1.29, 1.82) is 0 Å². The van der Waals surface area contributed by atoms with Gasteiger partial charge in [-0.2, -0.15) is 0 Å². The highest BCUT2D eigenvalue weighted by molar-refractivity contribution is 6.08. The smallest absolute Gasteiger partial charge is 0.167 e. The molecule has 0 aliphatic carbocycles. The lowest BCUT2D eigenvalue weighted by atomic mass is 10.00. The van der Waals surface area contributed by atoms with E-state index in [9.17, 15) is 4.79 Å². The molecule has 21 heavy (non-hydrogen) atoms. The lowest BCUT2D eigenvalue weighted by Gasteiger charge is -2.02. The number of Topliss-reactive ketones (excluding diaryl/α,β-unsaturated/α-hetero) is 1. The molecule has 0 amide bonds. The summed E-state index contributed by atoms with van der Waals surface area (Å²) < 4.78 is 5.81. The number of ketones is 1. The molecule has 2 heteroatoms.